The molecule has 3 aromatic rings. The van der Waals surface area contributed by atoms with E-state index in [4.69, 9.17) is 9.41 Å². The maximum absolute atomic E-state index is 13.6. The van der Waals surface area contributed by atoms with Crippen molar-refractivity contribution < 1.29 is 18.8 Å². The van der Waals surface area contributed by atoms with E-state index >= 15 is 0 Å². The van der Waals surface area contributed by atoms with Gasteiger partial charge in [0.25, 0.3) is 5.91 Å². The number of aliphatic imine (C=N–C) groups is 1. The van der Waals surface area contributed by atoms with Crippen molar-refractivity contribution in [2.75, 3.05) is 50.9 Å². The number of hydrogen-bond donors (Lipinski definition) is 2. The fourth-order valence-electron chi connectivity index (χ4n) is 4.99. The summed E-state index contributed by atoms with van der Waals surface area (Å²) in [6.45, 7) is 4.04. The highest BCUT2D eigenvalue weighted by atomic mass is 32.1. The molecule has 2 fully saturated rings. The molecule has 40 heavy (non-hydrogen) atoms. The Morgan fingerprint density at radius 2 is 1.90 bits per heavy atom. The predicted octanol–water partition coefficient (Wildman–Crippen LogP) is 3.78. The number of amides is 3. The van der Waals surface area contributed by atoms with Gasteiger partial charge in [0.2, 0.25) is 17.8 Å². The Kier molecular flexibility index (Phi) is 8.34. The van der Waals surface area contributed by atoms with Crippen LogP contribution < -0.4 is 10.6 Å². The normalized spacial score (nSPS) is 18.2. The first-order valence-electron chi connectivity index (χ1n) is 13.6. The highest BCUT2D eigenvalue weighted by molar-refractivity contribution is 7.14. The third-order valence-electron chi connectivity index (χ3n) is 7.08. The standard InChI is InChI=1S/C28H35N7O4S/c1-18-14-19-15-20(9-10-23(19)39-18)29-27(32-28-31-22(17-40-28)25(37)33(2)3)30-21-8-4-5-13-35(26(21)38)16-24(36)34-11-6-7-12-34/h9-10,14-15,17,21H,4-8,11-13,16H2,1-3H3,(H2,29,30,31,32). The molecule has 0 aliphatic carbocycles. The van der Waals surface area contributed by atoms with Gasteiger partial charge in [0.15, 0.2) is 5.13 Å². The molecular weight excluding hydrogens is 530 g/mol. The lowest BCUT2D eigenvalue weighted by Crippen LogP contribution is -2.45. The van der Waals surface area contributed by atoms with Gasteiger partial charge in [-0.1, -0.05) is 0 Å². The number of thiazole rings is 1. The topological polar surface area (TPSA) is 123 Å². The van der Waals surface area contributed by atoms with Crippen molar-refractivity contribution in [3.05, 3.63) is 41.1 Å². The molecule has 5 rings (SSSR count). The van der Waals surface area contributed by atoms with Gasteiger partial charge in [0.1, 0.15) is 23.1 Å². The average Bonchev–Trinajstić information content (AvgIpc) is 3.67. The minimum absolute atomic E-state index is 0.00321. The largest absolute Gasteiger partial charge is 0.461 e. The molecular formula is C28H35N7O4S. The molecule has 0 spiro atoms. The molecule has 0 saturated carbocycles. The molecule has 2 saturated heterocycles. The van der Waals surface area contributed by atoms with Gasteiger partial charge in [-0.2, -0.15) is 0 Å². The lowest BCUT2D eigenvalue weighted by atomic mass is 10.1. The van der Waals surface area contributed by atoms with Gasteiger partial charge < -0.3 is 29.8 Å². The van der Waals surface area contributed by atoms with Crippen LogP contribution in [0.4, 0.5) is 10.8 Å². The molecule has 212 valence electrons. The molecule has 12 heteroatoms. The van der Waals surface area contributed by atoms with E-state index < -0.39 is 6.04 Å². The maximum Gasteiger partial charge on any atom is 0.272 e. The summed E-state index contributed by atoms with van der Waals surface area (Å²) in [4.78, 5) is 53.0. The number of furan rings is 1. The number of aromatic nitrogens is 1. The summed E-state index contributed by atoms with van der Waals surface area (Å²) < 4.78 is 5.70. The van der Waals surface area contributed by atoms with Crippen LogP contribution in [0.2, 0.25) is 0 Å². The number of nitrogens with one attached hydrogen (secondary N) is 2. The summed E-state index contributed by atoms with van der Waals surface area (Å²) in [6.07, 6.45) is 4.23. The van der Waals surface area contributed by atoms with Gasteiger partial charge >= 0.3 is 0 Å². The minimum atomic E-state index is -0.661. The van der Waals surface area contributed by atoms with E-state index in [9.17, 15) is 14.4 Å². The minimum Gasteiger partial charge on any atom is -0.461 e. The number of carbonyl (C=O) groups excluding carboxylic acids is 3. The van der Waals surface area contributed by atoms with E-state index in [1.54, 1.807) is 24.4 Å². The number of fused-ring (bicyclic) bond motifs is 1. The Hall–Kier alpha value is -3.93. The van der Waals surface area contributed by atoms with E-state index in [0.29, 0.717) is 29.8 Å². The summed E-state index contributed by atoms with van der Waals surface area (Å²) in [7, 11) is 3.35. The summed E-state index contributed by atoms with van der Waals surface area (Å²) in [5.41, 5.74) is 1.85. The van der Waals surface area contributed by atoms with E-state index in [1.165, 1.54) is 16.2 Å². The fourth-order valence-corrected chi connectivity index (χ4v) is 5.68. The van der Waals surface area contributed by atoms with Crippen LogP contribution in [0.25, 0.3) is 11.0 Å². The molecule has 2 aliphatic rings. The van der Waals surface area contributed by atoms with Crippen LogP contribution in [0.3, 0.4) is 0 Å². The van der Waals surface area contributed by atoms with Crippen molar-refractivity contribution >= 4 is 56.8 Å². The molecule has 1 aromatic carbocycles. The summed E-state index contributed by atoms with van der Waals surface area (Å²) in [6, 6.07) is 6.99. The van der Waals surface area contributed by atoms with Crippen molar-refractivity contribution in [2.45, 2.75) is 45.1 Å². The van der Waals surface area contributed by atoms with Crippen LogP contribution in [0, 0.1) is 6.92 Å². The highest BCUT2D eigenvalue weighted by Gasteiger charge is 2.30. The van der Waals surface area contributed by atoms with Gasteiger partial charge in [-0.3, -0.25) is 14.4 Å². The van der Waals surface area contributed by atoms with Crippen LogP contribution >= 0.6 is 11.3 Å². The molecule has 2 aliphatic heterocycles. The van der Waals surface area contributed by atoms with Crippen LogP contribution in [-0.4, -0.2) is 89.7 Å². The number of nitrogens with zero attached hydrogens (tertiary/aromatic N) is 5. The van der Waals surface area contributed by atoms with Crippen LogP contribution in [-0.2, 0) is 9.59 Å². The number of guanidine groups is 1. The van der Waals surface area contributed by atoms with Crippen molar-refractivity contribution in [2.24, 2.45) is 4.99 Å². The van der Waals surface area contributed by atoms with Gasteiger partial charge in [-0.05, 0) is 63.3 Å². The predicted molar refractivity (Wildman–Crippen MR) is 156 cm³/mol. The van der Waals surface area contributed by atoms with Gasteiger partial charge in [0, 0.05) is 50.2 Å². The number of benzene rings is 1. The number of hydrogen-bond acceptors (Lipinski definition) is 7. The van der Waals surface area contributed by atoms with E-state index in [2.05, 4.69) is 15.6 Å². The smallest absolute Gasteiger partial charge is 0.272 e. The summed E-state index contributed by atoms with van der Waals surface area (Å²) in [5.74, 6) is 0.788. The van der Waals surface area contributed by atoms with Crippen LogP contribution in [0.1, 0.15) is 48.4 Å². The number of anilines is 2. The molecule has 11 nitrogen and oxygen atoms in total. The second-order valence-electron chi connectivity index (χ2n) is 10.4. The third-order valence-corrected chi connectivity index (χ3v) is 7.84. The number of aryl methyl sites for hydroxylation is 1. The van der Waals surface area contributed by atoms with Crippen LogP contribution in [0.5, 0.6) is 0 Å². The molecule has 0 radical (unpaired) electrons. The zero-order valence-electron chi connectivity index (χ0n) is 23.1. The molecule has 0 bridgehead atoms. The second kappa shape index (κ2) is 12.1. The molecule has 4 heterocycles. The quantitative estimate of drug-likeness (QED) is 0.344. The van der Waals surface area contributed by atoms with E-state index in [1.807, 2.05) is 36.1 Å². The van der Waals surface area contributed by atoms with Gasteiger partial charge in [-0.25, -0.2) is 9.98 Å². The third kappa shape index (κ3) is 6.44. The van der Waals surface area contributed by atoms with E-state index in [0.717, 1.165) is 61.2 Å². The summed E-state index contributed by atoms with van der Waals surface area (Å²) in [5, 5.41) is 9.59. The lowest BCUT2D eigenvalue weighted by molar-refractivity contribution is -0.140. The molecule has 2 N–H and O–H groups in total. The Balaban J connectivity index is 1.40. The Morgan fingerprint density at radius 3 is 2.67 bits per heavy atom. The first-order valence-corrected chi connectivity index (χ1v) is 14.5. The highest BCUT2D eigenvalue weighted by Crippen LogP contribution is 2.24. The van der Waals surface area contributed by atoms with Crippen molar-refractivity contribution in [1.29, 1.82) is 0 Å². The second-order valence-corrected chi connectivity index (χ2v) is 11.3. The summed E-state index contributed by atoms with van der Waals surface area (Å²) >= 11 is 1.28. The van der Waals surface area contributed by atoms with Crippen molar-refractivity contribution in [1.82, 2.24) is 19.7 Å². The van der Waals surface area contributed by atoms with Crippen molar-refractivity contribution in [3.63, 3.8) is 0 Å². The monoisotopic (exact) mass is 565 g/mol. The zero-order valence-corrected chi connectivity index (χ0v) is 23.9. The van der Waals surface area contributed by atoms with E-state index in [-0.39, 0.29) is 24.3 Å². The lowest BCUT2D eigenvalue weighted by Gasteiger charge is -2.25. The first kappa shape index (κ1) is 27.6. The van der Waals surface area contributed by atoms with Crippen LogP contribution in [0.15, 0.2) is 39.1 Å². The molecule has 2 aromatic heterocycles. The molecule has 1 atom stereocenters. The number of rotatable bonds is 6. The Morgan fingerprint density at radius 1 is 1.12 bits per heavy atom. The van der Waals surface area contributed by atoms with Gasteiger partial charge in [-0.15, -0.1) is 11.3 Å². The number of carbonyl (C=O) groups is 3. The zero-order chi connectivity index (χ0) is 28.2. The fraction of sp³-hybridized carbons (Fsp3) is 0.464. The van der Waals surface area contributed by atoms with Gasteiger partial charge in [0.05, 0.1) is 6.54 Å². The maximum atomic E-state index is 13.6. The molecule has 1 unspecified atom stereocenters. The molecule has 3 amide bonds. The number of likely N-dealkylation sites (tertiary alicyclic amines) is 2. The van der Waals surface area contributed by atoms with Crippen molar-refractivity contribution in [3.8, 4) is 0 Å². The SMILES string of the molecule is Cc1cc2cc(NC(=NC3CCCCN(CC(=O)N4CCCC4)C3=O)Nc3nc(C(=O)N(C)C)cs3)ccc2o1. The Bertz CT molecular complexity index is 1420. The average molecular weight is 566 g/mol. The Labute approximate surface area is 237 Å². The first-order chi connectivity index (χ1) is 19.3.